The summed E-state index contributed by atoms with van der Waals surface area (Å²) in [5.74, 6) is -0.191. The molecule has 0 aliphatic heterocycles. The molecule has 1 N–H and O–H groups in total. The Morgan fingerprint density at radius 3 is 2.73 bits per heavy atom. The average molecular weight is 435 g/mol. The van der Waals surface area contributed by atoms with Crippen molar-refractivity contribution in [1.29, 1.82) is 0 Å². The molecule has 2 aromatic carbocycles. The minimum absolute atomic E-state index is 0.0818. The van der Waals surface area contributed by atoms with Gasteiger partial charge in [-0.25, -0.2) is 10.4 Å². The highest BCUT2D eigenvalue weighted by molar-refractivity contribution is 7.99. The third-order valence-corrected chi connectivity index (χ3v) is 6.04. The summed E-state index contributed by atoms with van der Waals surface area (Å²) in [6.45, 7) is 1.99. The van der Waals surface area contributed by atoms with E-state index in [2.05, 4.69) is 15.5 Å². The summed E-state index contributed by atoms with van der Waals surface area (Å²) in [6, 6.07) is 18.7. The first-order valence-corrected chi connectivity index (χ1v) is 11.1. The summed E-state index contributed by atoms with van der Waals surface area (Å²) in [7, 11) is 0. The number of carbonyl (C=O) groups excluding carboxylic acids is 1. The molecule has 2 heterocycles. The average Bonchev–Trinajstić information content (AvgIpc) is 3.27. The molecule has 0 aliphatic rings. The molecule has 0 atom stereocenters. The molecule has 2 aromatic heterocycles. The number of rotatable bonds is 6. The maximum absolute atomic E-state index is 13.2. The molecule has 1 amide bonds. The highest BCUT2D eigenvalue weighted by Crippen LogP contribution is 2.21. The fourth-order valence-corrected chi connectivity index (χ4v) is 4.22. The number of nitrogens with one attached hydrogen (secondary N) is 1. The summed E-state index contributed by atoms with van der Waals surface area (Å²) in [4.78, 5) is 31.0. The zero-order valence-electron chi connectivity index (χ0n) is 16.1. The van der Waals surface area contributed by atoms with Crippen molar-refractivity contribution in [3.8, 4) is 5.69 Å². The molecule has 0 bridgehead atoms. The van der Waals surface area contributed by atoms with Crippen LogP contribution in [0.2, 0.25) is 0 Å². The molecule has 30 heavy (non-hydrogen) atoms. The lowest BCUT2D eigenvalue weighted by Gasteiger charge is -2.13. The van der Waals surface area contributed by atoms with E-state index >= 15 is 0 Å². The third-order valence-electron chi connectivity index (χ3n) is 4.29. The van der Waals surface area contributed by atoms with Crippen LogP contribution < -0.4 is 11.0 Å². The topological polar surface area (TPSA) is 76.3 Å². The number of aryl methyl sites for hydroxylation is 1. The Hall–Kier alpha value is -3.23. The van der Waals surface area contributed by atoms with E-state index in [4.69, 9.17) is 0 Å². The monoisotopic (exact) mass is 434 g/mol. The van der Waals surface area contributed by atoms with Crippen molar-refractivity contribution < 1.29 is 4.79 Å². The maximum atomic E-state index is 13.2. The number of thiophene rings is 1. The van der Waals surface area contributed by atoms with Gasteiger partial charge < -0.3 is 0 Å². The van der Waals surface area contributed by atoms with Gasteiger partial charge in [0.1, 0.15) is 0 Å². The number of hydrazone groups is 1. The Balaban J connectivity index is 1.60. The first-order valence-electron chi connectivity index (χ1n) is 9.19. The normalized spacial score (nSPS) is 11.2. The van der Waals surface area contributed by atoms with E-state index in [1.165, 1.54) is 23.1 Å². The Labute approximate surface area is 181 Å². The lowest BCUT2D eigenvalue weighted by molar-refractivity contribution is -0.118. The quantitative estimate of drug-likeness (QED) is 0.215. The molecule has 0 radical (unpaired) electrons. The molecular weight excluding hydrogens is 416 g/mol. The summed E-state index contributed by atoms with van der Waals surface area (Å²) in [6.07, 6.45) is 1.60. The number of thioether (sulfide) groups is 1. The maximum Gasteiger partial charge on any atom is 0.266 e. The van der Waals surface area contributed by atoms with E-state index in [-0.39, 0.29) is 17.2 Å². The molecule has 4 aromatic rings. The molecule has 150 valence electrons. The van der Waals surface area contributed by atoms with Crippen LogP contribution in [0.25, 0.3) is 16.6 Å². The van der Waals surface area contributed by atoms with Crippen molar-refractivity contribution in [3.63, 3.8) is 0 Å². The van der Waals surface area contributed by atoms with Crippen molar-refractivity contribution in [1.82, 2.24) is 15.0 Å². The van der Waals surface area contributed by atoms with Crippen molar-refractivity contribution in [3.05, 3.63) is 86.8 Å². The van der Waals surface area contributed by atoms with Gasteiger partial charge in [0.15, 0.2) is 5.16 Å². The van der Waals surface area contributed by atoms with E-state index in [9.17, 15) is 9.59 Å². The SMILES string of the molecule is Cc1ccc(-n2c(SCC(=O)N/N=C/c3cccs3)nc3ccccc3c2=O)cc1. The van der Waals surface area contributed by atoms with Crippen molar-refractivity contribution in [2.24, 2.45) is 5.10 Å². The fraction of sp³-hybridized carbons (Fsp3) is 0.0909. The van der Waals surface area contributed by atoms with Crippen LogP contribution in [-0.2, 0) is 4.79 Å². The third kappa shape index (κ3) is 4.50. The van der Waals surface area contributed by atoms with Gasteiger partial charge in [-0.15, -0.1) is 11.3 Å². The number of hydrogen-bond acceptors (Lipinski definition) is 6. The molecule has 0 unspecified atom stereocenters. The van der Waals surface area contributed by atoms with Gasteiger partial charge in [-0.05, 0) is 42.6 Å². The van der Waals surface area contributed by atoms with Gasteiger partial charge >= 0.3 is 0 Å². The highest BCUT2D eigenvalue weighted by Gasteiger charge is 2.14. The van der Waals surface area contributed by atoms with Crippen LogP contribution in [0.15, 0.2) is 81.1 Å². The molecule has 0 aliphatic carbocycles. The Bertz CT molecular complexity index is 1260. The van der Waals surface area contributed by atoms with E-state index in [0.29, 0.717) is 21.7 Å². The Morgan fingerprint density at radius 1 is 1.17 bits per heavy atom. The minimum Gasteiger partial charge on any atom is -0.272 e. The second-order valence-electron chi connectivity index (χ2n) is 6.48. The van der Waals surface area contributed by atoms with Gasteiger partial charge in [0, 0.05) is 4.88 Å². The van der Waals surface area contributed by atoms with E-state index < -0.39 is 0 Å². The van der Waals surface area contributed by atoms with Gasteiger partial charge in [0.2, 0.25) is 0 Å². The lowest BCUT2D eigenvalue weighted by atomic mass is 10.2. The first kappa shape index (κ1) is 20.1. The molecule has 0 spiro atoms. The molecule has 0 fully saturated rings. The van der Waals surface area contributed by atoms with Crippen molar-refractivity contribution in [2.75, 3.05) is 5.75 Å². The van der Waals surface area contributed by atoms with E-state index in [1.807, 2.05) is 60.8 Å². The molecule has 0 saturated carbocycles. The number of hydrogen-bond donors (Lipinski definition) is 1. The molecule has 4 rings (SSSR count). The van der Waals surface area contributed by atoms with Crippen molar-refractivity contribution in [2.45, 2.75) is 12.1 Å². The summed E-state index contributed by atoms with van der Waals surface area (Å²) < 4.78 is 1.55. The summed E-state index contributed by atoms with van der Waals surface area (Å²) in [5.41, 5.74) is 4.75. The summed E-state index contributed by atoms with van der Waals surface area (Å²) >= 11 is 2.73. The number of benzene rings is 2. The highest BCUT2D eigenvalue weighted by atomic mass is 32.2. The smallest absolute Gasteiger partial charge is 0.266 e. The first-order chi connectivity index (χ1) is 14.6. The van der Waals surface area contributed by atoms with Gasteiger partial charge in [-0.2, -0.15) is 5.10 Å². The van der Waals surface area contributed by atoms with Crippen LogP contribution in [0.5, 0.6) is 0 Å². The molecule has 0 saturated heterocycles. The van der Waals surface area contributed by atoms with Gasteiger partial charge in [-0.3, -0.25) is 14.2 Å². The molecule has 8 heteroatoms. The van der Waals surface area contributed by atoms with Crippen LogP contribution in [0.1, 0.15) is 10.4 Å². The predicted octanol–water partition coefficient (Wildman–Crippen LogP) is 4.00. The van der Waals surface area contributed by atoms with E-state index in [1.54, 1.807) is 22.9 Å². The number of para-hydroxylation sites is 1. The standard InChI is InChI=1S/C22H18N4O2S2/c1-15-8-10-16(11-9-15)26-21(28)18-6-2-3-7-19(18)24-22(26)30-14-20(27)25-23-13-17-5-4-12-29-17/h2-13H,14H2,1H3,(H,25,27)/b23-13+. The Morgan fingerprint density at radius 2 is 1.97 bits per heavy atom. The lowest BCUT2D eigenvalue weighted by Crippen LogP contribution is -2.24. The zero-order chi connectivity index (χ0) is 20.9. The van der Waals surface area contributed by atoms with Gasteiger partial charge in [-0.1, -0.05) is 47.7 Å². The van der Waals surface area contributed by atoms with Crippen LogP contribution in [-0.4, -0.2) is 27.4 Å². The number of aromatic nitrogens is 2. The zero-order valence-corrected chi connectivity index (χ0v) is 17.7. The van der Waals surface area contributed by atoms with Crippen LogP contribution in [0.4, 0.5) is 0 Å². The molecular formula is C22H18N4O2S2. The summed E-state index contributed by atoms with van der Waals surface area (Å²) in [5, 5.41) is 6.90. The molecule has 6 nitrogen and oxygen atoms in total. The van der Waals surface area contributed by atoms with Crippen molar-refractivity contribution >= 4 is 46.1 Å². The van der Waals surface area contributed by atoms with E-state index in [0.717, 1.165) is 10.4 Å². The minimum atomic E-state index is -0.273. The fourth-order valence-electron chi connectivity index (χ4n) is 2.83. The second-order valence-corrected chi connectivity index (χ2v) is 8.41. The van der Waals surface area contributed by atoms with Crippen LogP contribution in [0, 0.1) is 6.92 Å². The second kappa shape index (κ2) is 9.06. The predicted molar refractivity (Wildman–Crippen MR) is 123 cm³/mol. The van der Waals surface area contributed by atoms with Crippen LogP contribution >= 0.6 is 23.1 Å². The number of fused-ring (bicyclic) bond motifs is 1. The number of amides is 1. The number of nitrogens with zero attached hydrogens (tertiary/aromatic N) is 3. The largest absolute Gasteiger partial charge is 0.272 e. The Kier molecular flexibility index (Phi) is 6.06. The number of carbonyl (C=O) groups is 1. The van der Waals surface area contributed by atoms with Gasteiger partial charge in [0.25, 0.3) is 11.5 Å². The van der Waals surface area contributed by atoms with Crippen LogP contribution in [0.3, 0.4) is 0 Å². The van der Waals surface area contributed by atoms with Gasteiger partial charge in [0.05, 0.1) is 28.6 Å².